The summed E-state index contributed by atoms with van der Waals surface area (Å²) in [4.78, 5) is 14.1. The number of carbonyl (C=O) groups excluding carboxylic acids is 1. The fraction of sp³-hybridized carbons (Fsp3) is 0.364. The van der Waals surface area contributed by atoms with E-state index in [4.69, 9.17) is 11.3 Å². The first kappa shape index (κ1) is 14.9. The number of hydrogen-bond acceptors (Lipinski definition) is 3. The van der Waals surface area contributed by atoms with Crippen molar-refractivity contribution in [1.29, 1.82) is 0 Å². The van der Waals surface area contributed by atoms with Crippen molar-refractivity contribution in [3.05, 3.63) is 45.8 Å². The molecule has 102 valence electrons. The van der Waals surface area contributed by atoms with Crippen LogP contribution in [0.5, 0.6) is 0 Å². The van der Waals surface area contributed by atoms with Crippen LogP contribution in [0.1, 0.15) is 12.5 Å². The molecule has 8 heteroatoms. The van der Waals surface area contributed by atoms with Crippen molar-refractivity contribution in [2.45, 2.75) is 12.5 Å². The lowest BCUT2D eigenvalue weighted by Crippen LogP contribution is -2.51. The van der Waals surface area contributed by atoms with Gasteiger partial charge in [-0.25, -0.2) is 8.78 Å². The average molecular weight is 269 g/mol. The molecule has 1 unspecified atom stereocenters. The van der Waals surface area contributed by atoms with Gasteiger partial charge in [0.2, 0.25) is 5.91 Å². The molecule has 1 aromatic rings. The molecular formula is C11H13F2N5O. The van der Waals surface area contributed by atoms with Crippen molar-refractivity contribution < 1.29 is 13.6 Å². The summed E-state index contributed by atoms with van der Waals surface area (Å²) in [5, 5.41) is 5.93. The maximum atomic E-state index is 13.7. The number of hydrogen-bond donors (Lipinski definition) is 2. The summed E-state index contributed by atoms with van der Waals surface area (Å²) in [6.07, 6.45) is 0. The fourth-order valence-corrected chi connectivity index (χ4v) is 1.61. The van der Waals surface area contributed by atoms with Gasteiger partial charge in [0.25, 0.3) is 0 Å². The van der Waals surface area contributed by atoms with E-state index in [2.05, 4.69) is 15.3 Å². The largest absolute Gasteiger partial charge is 0.368 e. The molecule has 0 aromatic heterocycles. The first-order chi connectivity index (χ1) is 8.93. The maximum Gasteiger partial charge on any atom is 0.242 e. The summed E-state index contributed by atoms with van der Waals surface area (Å²) in [6, 6.07) is 3.49. The number of carbonyl (C=O) groups is 1. The van der Waals surface area contributed by atoms with E-state index in [1.54, 1.807) is 0 Å². The fourth-order valence-electron chi connectivity index (χ4n) is 1.61. The molecule has 0 heterocycles. The second-order valence-corrected chi connectivity index (χ2v) is 3.97. The minimum Gasteiger partial charge on any atom is -0.368 e. The molecule has 0 fully saturated rings. The zero-order valence-corrected chi connectivity index (χ0v) is 10.2. The van der Waals surface area contributed by atoms with Gasteiger partial charge in [0.15, 0.2) is 11.6 Å². The van der Waals surface area contributed by atoms with Crippen LogP contribution >= 0.6 is 0 Å². The molecule has 1 atom stereocenters. The van der Waals surface area contributed by atoms with Crippen LogP contribution in [0.15, 0.2) is 23.3 Å². The Morgan fingerprint density at radius 2 is 2.26 bits per heavy atom. The van der Waals surface area contributed by atoms with Crippen LogP contribution in [-0.2, 0) is 10.3 Å². The van der Waals surface area contributed by atoms with Crippen LogP contribution in [0, 0.1) is 11.6 Å². The van der Waals surface area contributed by atoms with Crippen LogP contribution < -0.4 is 11.1 Å². The first-order valence-electron chi connectivity index (χ1n) is 5.43. The van der Waals surface area contributed by atoms with Gasteiger partial charge in [-0.05, 0) is 18.5 Å². The number of nitrogens with zero attached hydrogens (tertiary/aromatic N) is 3. The Morgan fingerprint density at radius 3 is 2.84 bits per heavy atom. The molecule has 0 bridgehead atoms. The van der Waals surface area contributed by atoms with Crippen LogP contribution in [-0.4, -0.2) is 19.0 Å². The molecule has 0 radical (unpaired) electrons. The Balaban J connectivity index is 3.08. The van der Waals surface area contributed by atoms with Gasteiger partial charge >= 0.3 is 0 Å². The van der Waals surface area contributed by atoms with Crippen molar-refractivity contribution in [1.82, 2.24) is 5.32 Å². The van der Waals surface area contributed by atoms with Crippen molar-refractivity contribution in [2.24, 2.45) is 10.8 Å². The standard InChI is InChI=1S/C11H13F2N5O/c1-11(10(14)19,16-5-6-17-18-15)7-3-2-4-8(12)9(7)13/h2-4,16H,5-6H2,1H3,(H2,14,19). The number of rotatable bonds is 6. The van der Waals surface area contributed by atoms with E-state index in [0.29, 0.717) is 0 Å². The van der Waals surface area contributed by atoms with Crippen LogP contribution in [0.2, 0.25) is 0 Å². The van der Waals surface area contributed by atoms with Gasteiger partial charge in [-0.2, -0.15) is 0 Å². The van der Waals surface area contributed by atoms with E-state index in [-0.39, 0.29) is 18.7 Å². The Morgan fingerprint density at radius 1 is 1.58 bits per heavy atom. The predicted octanol–water partition coefficient (Wildman–Crippen LogP) is 1.57. The molecule has 0 aliphatic rings. The molecule has 19 heavy (non-hydrogen) atoms. The number of amides is 1. The van der Waals surface area contributed by atoms with E-state index in [0.717, 1.165) is 6.07 Å². The Kier molecular flexibility index (Phi) is 4.80. The molecule has 0 aliphatic heterocycles. The topological polar surface area (TPSA) is 104 Å². The number of benzene rings is 1. The highest BCUT2D eigenvalue weighted by molar-refractivity contribution is 5.85. The summed E-state index contributed by atoms with van der Waals surface area (Å²) in [6.45, 7) is 1.49. The van der Waals surface area contributed by atoms with Crippen LogP contribution in [0.4, 0.5) is 8.78 Å². The minimum atomic E-state index is -1.59. The average Bonchev–Trinajstić information content (AvgIpc) is 2.37. The van der Waals surface area contributed by atoms with Crippen molar-refractivity contribution in [3.63, 3.8) is 0 Å². The van der Waals surface area contributed by atoms with E-state index < -0.39 is 23.1 Å². The third kappa shape index (κ3) is 3.18. The lowest BCUT2D eigenvalue weighted by atomic mass is 9.90. The smallest absolute Gasteiger partial charge is 0.242 e. The molecule has 6 nitrogen and oxygen atoms in total. The summed E-state index contributed by atoms with van der Waals surface area (Å²) in [7, 11) is 0. The minimum absolute atomic E-state index is 0.0519. The van der Waals surface area contributed by atoms with Crippen molar-refractivity contribution in [3.8, 4) is 0 Å². The zero-order valence-electron chi connectivity index (χ0n) is 10.2. The quantitative estimate of drug-likeness (QED) is 0.354. The third-order valence-electron chi connectivity index (χ3n) is 2.74. The molecule has 3 N–H and O–H groups in total. The van der Waals surface area contributed by atoms with E-state index >= 15 is 0 Å². The first-order valence-corrected chi connectivity index (χ1v) is 5.43. The second kappa shape index (κ2) is 6.12. The SMILES string of the molecule is CC(NCCN=[N+]=[N-])(C(N)=O)c1cccc(F)c1F. The van der Waals surface area contributed by atoms with Gasteiger partial charge in [0.05, 0.1) is 0 Å². The van der Waals surface area contributed by atoms with Crippen LogP contribution in [0.25, 0.3) is 10.4 Å². The highest BCUT2D eigenvalue weighted by atomic mass is 19.2. The second-order valence-electron chi connectivity index (χ2n) is 3.97. The molecular weight excluding hydrogens is 256 g/mol. The van der Waals surface area contributed by atoms with Gasteiger partial charge in [0, 0.05) is 23.6 Å². The van der Waals surface area contributed by atoms with Gasteiger partial charge in [0.1, 0.15) is 5.54 Å². The zero-order chi connectivity index (χ0) is 14.5. The molecule has 0 spiro atoms. The summed E-state index contributed by atoms with van der Waals surface area (Å²) < 4.78 is 26.9. The maximum absolute atomic E-state index is 13.7. The van der Waals surface area contributed by atoms with Crippen LogP contribution in [0.3, 0.4) is 0 Å². The predicted molar refractivity (Wildman–Crippen MR) is 64.9 cm³/mol. The van der Waals surface area contributed by atoms with Gasteiger partial charge in [-0.15, -0.1) is 0 Å². The van der Waals surface area contributed by atoms with Gasteiger partial charge < -0.3 is 5.73 Å². The molecule has 1 rings (SSSR count). The number of primary amides is 1. The lowest BCUT2D eigenvalue weighted by molar-refractivity contribution is -0.124. The number of nitrogens with two attached hydrogens (primary N) is 1. The summed E-state index contributed by atoms with van der Waals surface area (Å²) in [5.41, 5.74) is 11.6. The number of halogens is 2. The third-order valence-corrected chi connectivity index (χ3v) is 2.74. The lowest BCUT2D eigenvalue weighted by Gasteiger charge is -2.28. The monoisotopic (exact) mass is 269 g/mol. The Hall–Kier alpha value is -2.18. The van der Waals surface area contributed by atoms with Crippen molar-refractivity contribution in [2.75, 3.05) is 13.1 Å². The highest BCUT2D eigenvalue weighted by Gasteiger charge is 2.35. The Labute approximate surface area is 108 Å². The summed E-state index contributed by atoms with van der Waals surface area (Å²) in [5.74, 6) is -3.07. The molecule has 0 saturated heterocycles. The summed E-state index contributed by atoms with van der Waals surface area (Å²) >= 11 is 0. The molecule has 0 saturated carbocycles. The van der Waals surface area contributed by atoms with E-state index in [1.165, 1.54) is 19.1 Å². The van der Waals surface area contributed by atoms with Gasteiger partial charge in [-0.3, -0.25) is 10.1 Å². The Bertz CT molecular complexity index is 530. The van der Waals surface area contributed by atoms with E-state index in [9.17, 15) is 13.6 Å². The number of azide groups is 1. The molecule has 1 amide bonds. The molecule has 0 aliphatic carbocycles. The van der Waals surface area contributed by atoms with Gasteiger partial charge in [-0.1, -0.05) is 17.2 Å². The highest BCUT2D eigenvalue weighted by Crippen LogP contribution is 2.24. The van der Waals surface area contributed by atoms with Crippen molar-refractivity contribution >= 4 is 5.91 Å². The number of nitrogens with one attached hydrogen (secondary N) is 1. The molecule has 1 aromatic carbocycles. The normalized spacial score (nSPS) is 13.4. The van der Waals surface area contributed by atoms with E-state index in [1.807, 2.05) is 0 Å².